The highest BCUT2D eigenvalue weighted by atomic mass is 15.3. The van der Waals surface area contributed by atoms with Gasteiger partial charge in [0.05, 0.1) is 0 Å². The molecular formula is C17H24N6. The fourth-order valence-electron chi connectivity index (χ4n) is 2.76. The molecule has 6 nitrogen and oxygen atoms in total. The molecule has 0 bridgehead atoms. The molecule has 1 aliphatic rings. The molecular weight excluding hydrogens is 288 g/mol. The lowest BCUT2D eigenvalue weighted by atomic mass is 10.2. The van der Waals surface area contributed by atoms with Crippen molar-refractivity contribution in [2.75, 3.05) is 55.8 Å². The van der Waals surface area contributed by atoms with Crippen molar-refractivity contribution < 1.29 is 0 Å². The maximum atomic E-state index is 5.92. The van der Waals surface area contributed by atoms with E-state index >= 15 is 0 Å². The number of nitrogens with two attached hydrogens (primary N) is 1. The topological polar surface area (TPSA) is 61.5 Å². The predicted octanol–water partition coefficient (Wildman–Crippen LogP) is 1.45. The van der Waals surface area contributed by atoms with Gasteiger partial charge in [0.25, 0.3) is 0 Å². The van der Waals surface area contributed by atoms with Gasteiger partial charge >= 0.3 is 0 Å². The summed E-state index contributed by atoms with van der Waals surface area (Å²) in [5, 5.41) is 0. The van der Waals surface area contributed by atoms with Crippen LogP contribution >= 0.6 is 0 Å². The third-order valence-corrected chi connectivity index (χ3v) is 4.08. The molecule has 0 amide bonds. The highest BCUT2D eigenvalue weighted by Gasteiger charge is 2.20. The van der Waals surface area contributed by atoms with Crippen LogP contribution in [0.25, 0.3) is 0 Å². The second kappa shape index (κ2) is 6.83. The zero-order valence-corrected chi connectivity index (χ0v) is 13.8. The van der Waals surface area contributed by atoms with Crippen molar-refractivity contribution in [3.63, 3.8) is 0 Å². The summed E-state index contributed by atoms with van der Waals surface area (Å²) in [6.07, 6.45) is 0. The number of nitrogen functional groups attached to an aromatic ring is 1. The number of rotatable bonds is 4. The zero-order chi connectivity index (χ0) is 16.2. The zero-order valence-electron chi connectivity index (χ0n) is 13.8. The van der Waals surface area contributed by atoms with E-state index in [0.29, 0.717) is 5.82 Å². The summed E-state index contributed by atoms with van der Waals surface area (Å²) in [6, 6.07) is 12.4. The minimum Gasteiger partial charge on any atom is -0.383 e. The van der Waals surface area contributed by atoms with Crippen LogP contribution < -0.4 is 15.5 Å². The van der Waals surface area contributed by atoms with Crippen molar-refractivity contribution in [3.8, 4) is 0 Å². The van der Waals surface area contributed by atoms with Gasteiger partial charge < -0.3 is 15.5 Å². The van der Waals surface area contributed by atoms with Gasteiger partial charge in [-0.1, -0.05) is 30.3 Å². The van der Waals surface area contributed by atoms with Crippen molar-refractivity contribution >= 4 is 17.6 Å². The van der Waals surface area contributed by atoms with E-state index in [9.17, 15) is 0 Å². The van der Waals surface area contributed by atoms with Gasteiger partial charge in [0.15, 0.2) is 0 Å². The Morgan fingerprint density at radius 2 is 1.74 bits per heavy atom. The van der Waals surface area contributed by atoms with Gasteiger partial charge in [-0.3, -0.25) is 4.90 Å². The maximum Gasteiger partial charge on any atom is 0.229 e. The molecule has 1 aliphatic heterocycles. The van der Waals surface area contributed by atoms with Crippen LogP contribution in [0.15, 0.2) is 36.4 Å². The molecule has 6 heteroatoms. The average Bonchev–Trinajstić information content (AvgIpc) is 2.56. The largest absolute Gasteiger partial charge is 0.383 e. The first kappa shape index (κ1) is 15.6. The molecule has 23 heavy (non-hydrogen) atoms. The Labute approximate surface area is 137 Å². The quantitative estimate of drug-likeness (QED) is 0.922. The van der Waals surface area contributed by atoms with E-state index in [1.807, 2.05) is 19.0 Å². The Morgan fingerprint density at radius 1 is 1.04 bits per heavy atom. The van der Waals surface area contributed by atoms with Crippen LogP contribution in [0.4, 0.5) is 17.6 Å². The third-order valence-electron chi connectivity index (χ3n) is 4.08. The molecule has 0 aliphatic carbocycles. The van der Waals surface area contributed by atoms with Gasteiger partial charge in [-0.2, -0.15) is 9.97 Å². The SMILES string of the molecule is CN(C)c1cc(N)nc(N2CCN(Cc3ccccc3)CC2)n1. The minimum atomic E-state index is 0.519. The molecule has 1 saturated heterocycles. The molecule has 2 heterocycles. The number of aromatic nitrogens is 2. The second-order valence-electron chi connectivity index (χ2n) is 6.09. The van der Waals surface area contributed by atoms with Crippen molar-refractivity contribution in [1.82, 2.24) is 14.9 Å². The molecule has 2 N–H and O–H groups in total. The van der Waals surface area contributed by atoms with Crippen LogP contribution in [0.2, 0.25) is 0 Å². The number of hydrogen-bond acceptors (Lipinski definition) is 6. The Hall–Kier alpha value is -2.34. The number of nitrogens with zero attached hydrogens (tertiary/aromatic N) is 5. The van der Waals surface area contributed by atoms with Crippen LogP contribution in [-0.2, 0) is 6.54 Å². The Kier molecular flexibility index (Phi) is 4.62. The van der Waals surface area contributed by atoms with Crippen LogP contribution in [0.3, 0.4) is 0 Å². The standard InChI is InChI=1S/C17H24N6/c1-21(2)16-12-15(18)19-17(20-16)23-10-8-22(9-11-23)13-14-6-4-3-5-7-14/h3-7,12H,8-11,13H2,1-2H3,(H2,18,19,20). The molecule has 0 radical (unpaired) electrons. The first-order valence-electron chi connectivity index (χ1n) is 7.95. The minimum absolute atomic E-state index is 0.519. The van der Waals surface area contributed by atoms with Crippen molar-refractivity contribution in [1.29, 1.82) is 0 Å². The molecule has 2 aromatic rings. The normalized spacial score (nSPS) is 15.7. The van der Waals surface area contributed by atoms with Crippen LogP contribution in [0, 0.1) is 0 Å². The van der Waals surface area contributed by atoms with E-state index in [-0.39, 0.29) is 0 Å². The molecule has 122 valence electrons. The average molecular weight is 312 g/mol. The maximum absolute atomic E-state index is 5.92. The molecule has 0 unspecified atom stereocenters. The lowest BCUT2D eigenvalue weighted by Gasteiger charge is -2.35. The van der Waals surface area contributed by atoms with E-state index in [0.717, 1.165) is 44.5 Å². The molecule has 0 saturated carbocycles. The smallest absolute Gasteiger partial charge is 0.229 e. The van der Waals surface area contributed by atoms with Crippen molar-refractivity contribution in [3.05, 3.63) is 42.0 Å². The predicted molar refractivity (Wildman–Crippen MR) is 94.7 cm³/mol. The van der Waals surface area contributed by atoms with Gasteiger partial charge in [-0.05, 0) is 5.56 Å². The highest BCUT2D eigenvalue weighted by molar-refractivity contribution is 5.51. The molecule has 3 rings (SSSR count). The fraction of sp³-hybridized carbons (Fsp3) is 0.412. The number of anilines is 3. The Balaban J connectivity index is 1.63. The lowest BCUT2D eigenvalue weighted by Crippen LogP contribution is -2.46. The van der Waals surface area contributed by atoms with E-state index in [2.05, 4.69) is 50.1 Å². The monoisotopic (exact) mass is 312 g/mol. The molecule has 1 aromatic heterocycles. The first-order chi connectivity index (χ1) is 11.1. The van der Waals surface area contributed by atoms with Crippen LogP contribution in [0.1, 0.15) is 5.56 Å². The molecule has 0 spiro atoms. The third kappa shape index (κ3) is 3.90. The lowest BCUT2D eigenvalue weighted by molar-refractivity contribution is 0.249. The van der Waals surface area contributed by atoms with Gasteiger partial charge in [-0.15, -0.1) is 0 Å². The summed E-state index contributed by atoms with van der Waals surface area (Å²) in [4.78, 5) is 15.6. The first-order valence-corrected chi connectivity index (χ1v) is 7.95. The number of benzene rings is 1. The van der Waals surface area contributed by atoms with E-state index < -0.39 is 0 Å². The van der Waals surface area contributed by atoms with Gasteiger partial charge in [0.2, 0.25) is 5.95 Å². The molecule has 1 aromatic carbocycles. The fourth-order valence-corrected chi connectivity index (χ4v) is 2.76. The second-order valence-corrected chi connectivity index (χ2v) is 6.09. The van der Waals surface area contributed by atoms with Crippen molar-refractivity contribution in [2.24, 2.45) is 0 Å². The summed E-state index contributed by atoms with van der Waals surface area (Å²) in [6.45, 7) is 4.84. The Morgan fingerprint density at radius 3 is 2.39 bits per heavy atom. The summed E-state index contributed by atoms with van der Waals surface area (Å²) < 4.78 is 0. The van der Waals surface area contributed by atoms with Gasteiger partial charge in [0.1, 0.15) is 11.6 Å². The van der Waals surface area contributed by atoms with E-state index in [1.165, 1.54) is 5.56 Å². The van der Waals surface area contributed by atoms with E-state index in [4.69, 9.17) is 5.73 Å². The summed E-state index contributed by atoms with van der Waals surface area (Å²) in [5.41, 5.74) is 7.28. The van der Waals surface area contributed by atoms with Gasteiger partial charge in [-0.25, -0.2) is 0 Å². The summed E-state index contributed by atoms with van der Waals surface area (Å²) in [7, 11) is 3.92. The van der Waals surface area contributed by atoms with Gasteiger partial charge in [0, 0.05) is 52.9 Å². The summed E-state index contributed by atoms with van der Waals surface area (Å²) >= 11 is 0. The Bertz CT molecular complexity index is 635. The molecule has 1 fully saturated rings. The number of piperazine rings is 1. The summed E-state index contributed by atoms with van der Waals surface area (Å²) in [5.74, 6) is 2.10. The molecule has 0 atom stereocenters. The van der Waals surface area contributed by atoms with Crippen molar-refractivity contribution in [2.45, 2.75) is 6.54 Å². The van der Waals surface area contributed by atoms with Crippen LogP contribution in [0.5, 0.6) is 0 Å². The van der Waals surface area contributed by atoms with Crippen LogP contribution in [-0.4, -0.2) is 55.1 Å². The van der Waals surface area contributed by atoms with E-state index in [1.54, 1.807) is 6.07 Å². The number of hydrogen-bond donors (Lipinski definition) is 1. The highest BCUT2D eigenvalue weighted by Crippen LogP contribution is 2.19.